The molecule has 0 aromatic heterocycles. The molecule has 0 saturated heterocycles. The molecule has 3 heteroatoms. The molecule has 0 aromatic carbocycles. The van der Waals surface area contributed by atoms with E-state index in [1.807, 2.05) is 0 Å². The molecule has 15 heavy (non-hydrogen) atoms. The maximum Gasteiger partial charge on any atom is 0.411 e. The van der Waals surface area contributed by atoms with Gasteiger partial charge in [-0.3, -0.25) is 0 Å². The summed E-state index contributed by atoms with van der Waals surface area (Å²) in [4.78, 5) is 11.1. The minimum Gasteiger partial charge on any atom is -0.448 e. The third-order valence-electron chi connectivity index (χ3n) is 4.38. The average Bonchev–Trinajstić information content (AvgIpc) is 2.14. The van der Waals surface area contributed by atoms with E-state index in [-0.39, 0.29) is 5.60 Å². The molecule has 0 amide bonds. The predicted octanol–water partition coefficient (Wildman–Crippen LogP) is 2.02. The van der Waals surface area contributed by atoms with E-state index in [1.165, 1.54) is 19.3 Å². The Balaban J connectivity index is 1.81. The molecule has 0 spiro atoms. The lowest BCUT2D eigenvalue weighted by atomic mass is 9.54. The van der Waals surface area contributed by atoms with Crippen LogP contribution in [0.1, 0.15) is 38.5 Å². The van der Waals surface area contributed by atoms with Gasteiger partial charge >= 0.3 is 5.97 Å². The van der Waals surface area contributed by atoms with Gasteiger partial charge in [0.2, 0.25) is 0 Å². The van der Waals surface area contributed by atoms with Crippen molar-refractivity contribution in [3.63, 3.8) is 0 Å². The van der Waals surface area contributed by atoms with Crippen molar-refractivity contribution in [2.45, 2.75) is 44.1 Å². The molecule has 3 nitrogen and oxygen atoms in total. The first-order chi connectivity index (χ1) is 7.19. The molecule has 4 rings (SSSR count). The smallest absolute Gasteiger partial charge is 0.411 e. The van der Waals surface area contributed by atoms with E-state index < -0.39 is 5.97 Å². The van der Waals surface area contributed by atoms with Gasteiger partial charge in [-0.2, -0.15) is 5.26 Å². The molecule has 0 heterocycles. The van der Waals surface area contributed by atoms with Crippen molar-refractivity contribution in [3.05, 3.63) is 0 Å². The quantitative estimate of drug-likeness (QED) is 0.486. The summed E-state index contributed by atoms with van der Waals surface area (Å²) in [5.74, 6) is 1.57. The fraction of sp³-hybridized carbons (Fsp3) is 0.833. The van der Waals surface area contributed by atoms with E-state index in [0.29, 0.717) is 0 Å². The largest absolute Gasteiger partial charge is 0.448 e. The lowest BCUT2D eigenvalue weighted by Gasteiger charge is -2.55. The van der Waals surface area contributed by atoms with Crippen molar-refractivity contribution in [2.24, 2.45) is 17.8 Å². The van der Waals surface area contributed by atoms with E-state index >= 15 is 0 Å². The highest BCUT2D eigenvalue weighted by Gasteiger charge is 2.53. The molecule has 4 fully saturated rings. The number of carbonyl (C=O) groups excluding carboxylic acids is 1. The fourth-order valence-corrected chi connectivity index (χ4v) is 4.38. The normalized spacial score (nSPS) is 46.2. The highest BCUT2D eigenvalue weighted by atomic mass is 16.6. The Morgan fingerprint density at radius 3 is 2.00 bits per heavy atom. The summed E-state index contributed by atoms with van der Waals surface area (Å²) < 4.78 is 5.40. The first-order valence-corrected chi connectivity index (χ1v) is 5.82. The second-order valence-electron chi connectivity index (χ2n) is 5.60. The zero-order valence-corrected chi connectivity index (χ0v) is 8.74. The summed E-state index contributed by atoms with van der Waals surface area (Å²) in [6.45, 7) is 0. The van der Waals surface area contributed by atoms with E-state index in [2.05, 4.69) is 0 Å². The molecular formula is C12H15NO2. The van der Waals surface area contributed by atoms with E-state index in [0.717, 1.165) is 37.0 Å². The summed E-state index contributed by atoms with van der Waals surface area (Å²) in [5.41, 5.74) is -0.248. The van der Waals surface area contributed by atoms with Gasteiger partial charge < -0.3 is 4.74 Å². The maximum atomic E-state index is 11.1. The van der Waals surface area contributed by atoms with Gasteiger partial charge in [-0.05, 0) is 56.3 Å². The van der Waals surface area contributed by atoms with Crippen molar-refractivity contribution >= 4 is 5.97 Å². The monoisotopic (exact) mass is 205 g/mol. The van der Waals surface area contributed by atoms with E-state index in [4.69, 9.17) is 10.00 Å². The first kappa shape index (κ1) is 9.21. The summed E-state index contributed by atoms with van der Waals surface area (Å²) >= 11 is 0. The van der Waals surface area contributed by atoms with Crippen LogP contribution in [-0.4, -0.2) is 11.6 Å². The van der Waals surface area contributed by atoms with Crippen molar-refractivity contribution in [1.29, 1.82) is 5.26 Å². The van der Waals surface area contributed by atoms with Crippen molar-refractivity contribution in [1.82, 2.24) is 0 Å². The lowest BCUT2D eigenvalue weighted by molar-refractivity contribution is -0.180. The Morgan fingerprint density at radius 2 is 1.60 bits per heavy atom. The Hall–Kier alpha value is -1.04. The first-order valence-electron chi connectivity index (χ1n) is 5.82. The summed E-state index contributed by atoms with van der Waals surface area (Å²) in [6, 6.07) is 1.58. The van der Waals surface area contributed by atoms with Gasteiger partial charge in [0.25, 0.3) is 0 Å². The molecule has 4 aliphatic carbocycles. The number of esters is 1. The number of nitrogens with zero attached hydrogens (tertiary/aromatic N) is 1. The number of hydrogen-bond donors (Lipinski definition) is 0. The zero-order chi connectivity index (χ0) is 10.5. The Kier molecular flexibility index (Phi) is 1.83. The van der Waals surface area contributed by atoms with Gasteiger partial charge in [0.15, 0.2) is 6.07 Å². The van der Waals surface area contributed by atoms with Crippen LogP contribution >= 0.6 is 0 Å². The van der Waals surface area contributed by atoms with Crippen LogP contribution in [0.3, 0.4) is 0 Å². The second-order valence-corrected chi connectivity index (χ2v) is 5.60. The van der Waals surface area contributed by atoms with E-state index in [1.54, 1.807) is 6.07 Å². The molecule has 0 aromatic rings. The minimum atomic E-state index is -0.683. The molecule has 0 N–H and O–H groups in total. The summed E-state index contributed by atoms with van der Waals surface area (Å²) in [7, 11) is 0. The van der Waals surface area contributed by atoms with Crippen LogP contribution in [0.4, 0.5) is 0 Å². The van der Waals surface area contributed by atoms with Crippen molar-refractivity contribution < 1.29 is 9.53 Å². The number of hydrogen-bond acceptors (Lipinski definition) is 3. The number of rotatable bonds is 1. The molecule has 0 aliphatic heterocycles. The Labute approximate surface area is 89.4 Å². The van der Waals surface area contributed by atoms with Crippen molar-refractivity contribution in [3.8, 4) is 6.07 Å². The molecule has 4 aliphatic rings. The third-order valence-corrected chi connectivity index (χ3v) is 4.38. The zero-order valence-electron chi connectivity index (χ0n) is 8.74. The van der Waals surface area contributed by atoms with Gasteiger partial charge in [0.1, 0.15) is 5.60 Å². The third kappa shape index (κ3) is 1.43. The Morgan fingerprint density at radius 1 is 1.13 bits per heavy atom. The van der Waals surface area contributed by atoms with Crippen LogP contribution in [0.15, 0.2) is 0 Å². The standard InChI is InChI=1S/C12H15NO2/c13-7-11(14)15-12-4-8-1-9(5-12)3-10(2-8)6-12/h8-10H,1-6H2. The minimum absolute atomic E-state index is 0.248. The van der Waals surface area contributed by atoms with Crippen molar-refractivity contribution in [2.75, 3.05) is 0 Å². The molecule has 80 valence electrons. The van der Waals surface area contributed by atoms with Crippen LogP contribution in [0.2, 0.25) is 0 Å². The fourth-order valence-electron chi connectivity index (χ4n) is 4.38. The van der Waals surface area contributed by atoms with Gasteiger partial charge in [-0.25, -0.2) is 4.79 Å². The second kappa shape index (κ2) is 2.98. The molecule has 4 bridgehead atoms. The van der Waals surface area contributed by atoms with Gasteiger partial charge in [-0.1, -0.05) is 0 Å². The highest BCUT2D eigenvalue weighted by Crippen LogP contribution is 2.57. The Bertz CT molecular complexity index is 307. The summed E-state index contributed by atoms with van der Waals surface area (Å²) in [5, 5.41) is 8.51. The molecule has 4 saturated carbocycles. The van der Waals surface area contributed by atoms with Gasteiger partial charge in [-0.15, -0.1) is 0 Å². The van der Waals surface area contributed by atoms with Crippen LogP contribution < -0.4 is 0 Å². The number of ether oxygens (including phenoxy) is 1. The van der Waals surface area contributed by atoms with Gasteiger partial charge in [0, 0.05) is 0 Å². The molecule has 0 radical (unpaired) electrons. The highest BCUT2D eigenvalue weighted by molar-refractivity contribution is 5.86. The SMILES string of the molecule is N#CC(=O)OC12CC3CC(CC(C3)C1)C2. The number of carbonyl (C=O) groups is 1. The molecular weight excluding hydrogens is 190 g/mol. The van der Waals surface area contributed by atoms with Crippen LogP contribution in [0, 0.1) is 29.1 Å². The topological polar surface area (TPSA) is 50.1 Å². The lowest BCUT2D eigenvalue weighted by Crippen LogP contribution is -2.52. The van der Waals surface area contributed by atoms with Crippen LogP contribution in [-0.2, 0) is 9.53 Å². The molecule has 0 unspecified atom stereocenters. The maximum absolute atomic E-state index is 11.1. The number of nitriles is 1. The van der Waals surface area contributed by atoms with Crippen LogP contribution in [0.25, 0.3) is 0 Å². The average molecular weight is 205 g/mol. The van der Waals surface area contributed by atoms with Crippen LogP contribution in [0.5, 0.6) is 0 Å². The van der Waals surface area contributed by atoms with Gasteiger partial charge in [0.05, 0.1) is 0 Å². The predicted molar refractivity (Wildman–Crippen MR) is 52.6 cm³/mol. The van der Waals surface area contributed by atoms with E-state index in [9.17, 15) is 4.79 Å². The molecule has 0 atom stereocenters. The summed E-state index contributed by atoms with van der Waals surface area (Å²) in [6.07, 6.45) is 6.99.